The van der Waals surface area contributed by atoms with Crippen LogP contribution in [-0.4, -0.2) is 50.9 Å². The molecule has 32 heavy (non-hydrogen) atoms. The first-order chi connectivity index (χ1) is 15.5. The molecule has 0 spiro atoms. The van der Waals surface area contributed by atoms with Crippen LogP contribution < -0.4 is 10.6 Å². The highest BCUT2D eigenvalue weighted by Crippen LogP contribution is 2.08. The molecular formula is C23H25BN4O4. The Morgan fingerprint density at radius 1 is 0.906 bits per heavy atom. The van der Waals surface area contributed by atoms with E-state index in [2.05, 4.69) is 20.6 Å². The van der Waals surface area contributed by atoms with Gasteiger partial charge in [-0.25, -0.2) is 4.98 Å². The third kappa shape index (κ3) is 7.00. The van der Waals surface area contributed by atoms with Crippen molar-refractivity contribution in [2.75, 3.05) is 0 Å². The van der Waals surface area contributed by atoms with Gasteiger partial charge in [-0.1, -0.05) is 60.7 Å². The van der Waals surface area contributed by atoms with E-state index < -0.39 is 30.9 Å². The Kier molecular flexibility index (Phi) is 8.48. The topological polar surface area (TPSA) is 124 Å². The van der Waals surface area contributed by atoms with Crippen LogP contribution in [0.2, 0.25) is 0 Å². The van der Waals surface area contributed by atoms with E-state index in [4.69, 9.17) is 0 Å². The molecule has 2 atom stereocenters. The van der Waals surface area contributed by atoms with Gasteiger partial charge in [0.15, 0.2) is 0 Å². The van der Waals surface area contributed by atoms with Crippen molar-refractivity contribution in [3.8, 4) is 0 Å². The summed E-state index contributed by atoms with van der Waals surface area (Å²) in [6.45, 7) is 0. The van der Waals surface area contributed by atoms with Gasteiger partial charge in [0.1, 0.15) is 11.7 Å². The highest BCUT2D eigenvalue weighted by atomic mass is 16.4. The van der Waals surface area contributed by atoms with Gasteiger partial charge >= 0.3 is 7.12 Å². The van der Waals surface area contributed by atoms with Crippen LogP contribution in [0, 0.1) is 0 Å². The number of hydrogen-bond donors (Lipinski definition) is 4. The molecule has 164 valence electrons. The Bertz CT molecular complexity index is 991. The zero-order valence-electron chi connectivity index (χ0n) is 17.5. The molecule has 4 N–H and O–H groups in total. The number of benzene rings is 2. The number of hydrogen-bond acceptors (Lipinski definition) is 6. The number of aryl methyl sites for hydroxylation is 1. The van der Waals surface area contributed by atoms with Crippen LogP contribution >= 0.6 is 0 Å². The Morgan fingerprint density at radius 2 is 1.56 bits per heavy atom. The summed E-state index contributed by atoms with van der Waals surface area (Å²) >= 11 is 0. The molecule has 1 heterocycles. The Hall–Kier alpha value is -3.56. The van der Waals surface area contributed by atoms with Crippen LogP contribution in [-0.2, 0) is 17.6 Å². The molecule has 0 aliphatic heterocycles. The number of nitrogens with one attached hydrogen (secondary N) is 2. The van der Waals surface area contributed by atoms with Gasteiger partial charge in [0.25, 0.3) is 5.91 Å². The maximum atomic E-state index is 13.1. The SMILES string of the molecule is O=C(N[C@H](Cc1ccccc1)C(=O)N[C@@H](CCc1ccccc1)B(O)O)c1cnccn1. The first-order valence-corrected chi connectivity index (χ1v) is 10.3. The van der Waals surface area contributed by atoms with E-state index in [0.29, 0.717) is 12.8 Å². The van der Waals surface area contributed by atoms with Crippen molar-refractivity contribution in [1.29, 1.82) is 0 Å². The molecule has 2 aromatic carbocycles. The summed E-state index contributed by atoms with van der Waals surface area (Å²) in [5.74, 6) is -1.95. The molecule has 0 radical (unpaired) electrons. The molecule has 1 aromatic heterocycles. The lowest BCUT2D eigenvalue weighted by Crippen LogP contribution is -2.54. The van der Waals surface area contributed by atoms with E-state index in [1.54, 1.807) is 0 Å². The normalized spacial score (nSPS) is 12.4. The number of amides is 2. The summed E-state index contributed by atoms with van der Waals surface area (Å²) in [5, 5.41) is 25.0. The van der Waals surface area contributed by atoms with Gasteiger partial charge in [-0.3, -0.25) is 14.6 Å². The van der Waals surface area contributed by atoms with E-state index in [-0.39, 0.29) is 12.1 Å². The van der Waals surface area contributed by atoms with Gasteiger partial charge in [0, 0.05) is 18.8 Å². The van der Waals surface area contributed by atoms with Crippen molar-refractivity contribution in [2.24, 2.45) is 0 Å². The Labute approximate surface area is 186 Å². The first kappa shape index (κ1) is 23.1. The average Bonchev–Trinajstić information content (AvgIpc) is 2.82. The highest BCUT2D eigenvalue weighted by Gasteiger charge is 2.29. The monoisotopic (exact) mass is 432 g/mol. The third-order valence-corrected chi connectivity index (χ3v) is 4.97. The molecule has 0 saturated heterocycles. The molecule has 0 saturated carbocycles. The quantitative estimate of drug-likeness (QED) is 0.354. The van der Waals surface area contributed by atoms with Crippen molar-refractivity contribution in [3.05, 3.63) is 96.1 Å². The number of carbonyl (C=O) groups excluding carboxylic acids is 2. The molecular weight excluding hydrogens is 407 g/mol. The summed E-state index contributed by atoms with van der Waals surface area (Å²) in [6.07, 6.45) is 5.26. The fourth-order valence-corrected chi connectivity index (χ4v) is 3.25. The second-order valence-corrected chi connectivity index (χ2v) is 7.36. The predicted molar refractivity (Wildman–Crippen MR) is 120 cm³/mol. The number of carbonyl (C=O) groups is 2. The molecule has 8 nitrogen and oxygen atoms in total. The van der Waals surface area contributed by atoms with Crippen LogP contribution in [0.3, 0.4) is 0 Å². The lowest BCUT2D eigenvalue weighted by Gasteiger charge is -2.23. The Morgan fingerprint density at radius 3 is 2.16 bits per heavy atom. The fourth-order valence-electron chi connectivity index (χ4n) is 3.25. The van der Waals surface area contributed by atoms with Crippen molar-refractivity contribution in [1.82, 2.24) is 20.6 Å². The highest BCUT2D eigenvalue weighted by molar-refractivity contribution is 6.43. The molecule has 3 rings (SSSR count). The molecule has 0 unspecified atom stereocenters. The molecule has 0 bridgehead atoms. The second kappa shape index (κ2) is 11.7. The van der Waals surface area contributed by atoms with Gasteiger partial charge < -0.3 is 20.7 Å². The van der Waals surface area contributed by atoms with Crippen molar-refractivity contribution < 1.29 is 19.6 Å². The molecule has 3 aromatic rings. The van der Waals surface area contributed by atoms with Gasteiger partial charge in [-0.15, -0.1) is 0 Å². The van der Waals surface area contributed by atoms with Gasteiger partial charge in [-0.05, 0) is 24.0 Å². The lowest BCUT2D eigenvalue weighted by atomic mass is 9.76. The Balaban J connectivity index is 1.71. The van der Waals surface area contributed by atoms with E-state index in [9.17, 15) is 19.6 Å². The number of aromatic nitrogens is 2. The van der Waals surface area contributed by atoms with Crippen LogP contribution in [0.25, 0.3) is 0 Å². The number of nitrogens with zero attached hydrogens (tertiary/aromatic N) is 2. The summed E-state index contributed by atoms with van der Waals surface area (Å²) in [6, 6.07) is 17.9. The van der Waals surface area contributed by atoms with Gasteiger partial charge in [-0.2, -0.15) is 0 Å². The minimum absolute atomic E-state index is 0.0844. The van der Waals surface area contributed by atoms with Crippen molar-refractivity contribution in [3.63, 3.8) is 0 Å². The first-order valence-electron chi connectivity index (χ1n) is 10.3. The van der Waals surface area contributed by atoms with E-state index in [1.165, 1.54) is 18.6 Å². The smallest absolute Gasteiger partial charge is 0.426 e. The maximum Gasteiger partial charge on any atom is 0.475 e. The van der Waals surface area contributed by atoms with Crippen LogP contribution in [0.5, 0.6) is 0 Å². The lowest BCUT2D eigenvalue weighted by molar-refractivity contribution is -0.123. The van der Waals surface area contributed by atoms with Crippen LogP contribution in [0.4, 0.5) is 0 Å². The predicted octanol–water partition coefficient (Wildman–Crippen LogP) is 0.947. The standard InChI is InChI=1S/C23H25BN4O4/c29-22(28-21(24(31)32)12-11-17-7-3-1-4-8-17)19(15-18-9-5-2-6-10-18)27-23(30)20-16-25-13-14-26-20/h1-10,13-14,16,19,21,31-32H,11-12,15H2,(H,27,30)(H,28,29)/t19-,21+/m1/s1. The van der Waals surface area contributed by atoms with Gasteiger partial charge in [0.2, 0.25) is 5.91 Å². The van der Waals surface area contributed by atoms with Gasteiger partial charge in [0.05, 0.1) is 12.1 Å². The number of rotatable bonds is 10. The van der Waals surface area contributed by atoms with Crippen LogP contribution in [0.1, 0.15) is 28.0 Å². The maximum absolute atomic E-state index is 13.1. The molecule has 2 amide bonds. The second-order valence-electron chi connectivity index (χ2n) is 7.36. The fraction of sp³-hybridized carbons (Fsp3) is 0.217. The summed E-state index contributed by atoms with van der Waals surface area (Å²) < 4.78 is 0. The molecule has 0 aliphatic rings. The summed E-state index contributed by atoms with van der Waals surface area (Å²) in [5.41, 5.74) is 1.95. The zero-order valence-corrected chi connectivity index (χ0v) is 17.5. The third-order valence-electron chi connectivity index (χ3n) is 4.97. The zero-order chi connectivity index (χ0) is 22.8. The van der Waals surface area contributed by atoms with Crippen molar-refractivity contribution in [2.45, 2.75) is 31.2 Å². The van der Waals surface area contributed by atoms with Crippen molar-refractivity contribution >= 4 is 18.9 Å². The van der Waals surface area contributed by atoms with Crippen LogP contribution in [0.15, 0.2) is 79.3 Å². The average molecular weight is 432 g/mol. The largest absolute Gasteiger partial charge is 0.475 e. The minimum Gasteiger partial charge on any atom is -0.426 e. The van der Waals surface area contributed by atoms with E-state index in [1.807, 2.05) is 60.7 Å². The molecule has 0 aliphatic carbocycles. The molecule has 0 fully saturated rings. The summed E-state index contributed by atoms with van der Waals surface area (Å²) in [4.78, 5) is 33.5. The van der Waals surface area contributed by atoms with E-state index >= 15 is 0 Å². The summed E-state index contributed by atoms with van der Waals surface area (Å²) in [7, 11) is -1.74. The molecule has 9 heteroatoms. The van der Waals surface area contributed by atoms with E-state index in [0.717, 1.165) is 11.1 Å². The minimum atomic E-state index is -1.74.